The summed E-state index contributed by atoms with van der Waals surface area (Å²) < 4.78 is 11.8. The van der Waals surface area contributed by atoms with Gasteiger partial charge in [0.1, 0.15) is 22.1 Å². The van der Waals surface area contributed by atoms with Crippen molar-refractivity contribution in [3.63, 3.8) is 0 Å². The number of benzene rings is 3. The van der Waals surface area contributed by atoms with Crippen molar-refractivity contribution in [1.82, 2.24) is 0 Å². The highest BCUT2D eigenvalue weighted by Crippen LogP contribution is 2.36. The predicted octanol–water partition coefficient (Wildman–Crippen LogP) is 3.60. The summed E-state index contributed by atoms with van der Waals surface area (Å²) in [5, 5.41) is 1.47. The van der Waals surface area contributed by atoms with E-state index in [4.69, 9.17) is 9.47 Å². The van der Waals surface area contributed by atoms with E-state index in [1.54, 1.807) is 0 Å². The number of nitrogens with zero attached hydrogens (tertiary/aromatic N) is 2. The highest BCUT2D eigenvalue weighted by Gasteiger charge is 2.17. The van der Waals surface area contributed by atoms with E-state index in [0.717, 1.165) is 22.2 Å². The Balaban J connectivity index is 1.76. The molecule has 0 aromatic heterocycles. The van der Waals surface area contributed by atoms with E-state index in [0.29, 0.717) is 22.9 Å². The molecule has 0 spiro atoms. The summed E-state index contributed by atoms with van der Waals surface area (Å²) in [5.41, 5.74) is 1.51. The van der Waals surface area contributed by atoms with E-state index in [1.807, 2.05) is 54.6 Å². The Bertz CT molecular complexity index is 956. The van der Waals surface area contributed by atoms with Crippen LogP contribution in [0.4, 0.5) is 11.4 Å². The fraction of sp³-hybridized carbons (Fsp3) is 0. The molecule has 3 aromatic rings. The zero-order valence-electron chi connectivity index (χ0n) is 11.4. The van der Waals surface area contributed by atoms with Crippen LogP contribution in [-0.2, 0) is 0 Å². The zero-order valence-corrected chi connectivity index (χ0v) is 11.4. The third kappa shape index (κ3) is 1.64. The van der Waals surface area contributed by atoms with Crippen LogP contribution < -0.4 is 20.2 Å². The molecule has 5 rings (SSSR count). The van der Waals surface area contributed by atoms with Gasteiger partial charge in [-0.1, -0.05) is 24.3 Å². The van der Waals surface area contributed by atoms with Gasteiger partial charge in [0.15, 0.2) is 23.0 Å². The van der Waals surface area contributed by atoms with E-state index in [1.165, 1.54) is 0 Å². The molecule has 22 heavy (non-hydrogen) atoms. The lowest BCUT2D eigenvalue weighted by atomic mass is 10.2. The minimum absolute atomic E-state index is 0.678. The quantitative estimate of drug-likeness (QED) is 0.436. The average molecular weight is 285 g/mol. The lowest BCUT2D eigenvalue weighted by Gasteiger charge is -2.17. The minimum Gasteiger partial charge on any atom is -0.453 e. The van der Waals surface area contributed by atoms with Crippen molar-refractivity contribution < 1.29 is 9.47 Å². The van der Waals surface area contributed by atoms with Gasteiger partial charge in [-0.3, -0.25) is 0 Å². The van der Waals surface area contributed by atoms with Gasteiger partial charge in [-0.25, -0.2) is 9.98 Å². The van der Waals surface area contributed by atoms with Crippen LogP contribution in [0.3, 0.4) is 0 Å². The first-order chi connectivity index (χ1) is 10.9. The topological polar surface area (TPSA) is 43.2 Å². The van der Waals surface area contributed by atoms with Crippen LogP contribution in [0.5, 0.6) is 23.0 Å². The SMILES string of the molecule is [c]1cccc2c1N=c1cc3c(cc1O2)=Nc1ccccc1O3. The zero-order chi connectivity index (χ0) is 14.5. The molecule has 0 amide bonds. The average Bonchev–Trinajstić information content (AvgIpc) is 2.56. The van der Waals surface area contributed by atoms with Crippen LogP contribution in [0.1, 0.15) is 0 Å². The van der Waals surface area contributed by atoms with Crippen molar-refractivity contribution in [3.8, 4) is 23.0 Å². The van der Waals surface area contributed by atoms with Gasteiger partial charge in [0.05, 0.1) is 0 Å². The molecule has 0 aliphatic carbocycles. The summed E-state index contributed by atoms with van der Waals surface area (Å²) in [6.07, 6.45) is 0. The Morgan fingerprint density at radius 2 is 1.45 bits per heavy atom. The normalized spacial score (nSPS) is 13.1. The molecule has 2 aliphatic rings. The molecule has 2 aliphatic heterocycles. The molecule has 0 saturated carbocycles. The van der Waals surface area contributed by atoms with Crippen molar-refractivity contribution in [1.29, 1.82) is 0 Å². The molecule has 0 N–H and O–H groups in total. The fourth-order valence-electron chi connectivity index (χ4n) is 2.58. The van der Waals surface area contributed by atoms with E-state index >= 15 is 0 Å². The molecular weight excluding hydrogens is 276 g/mol. The highest BCUT2D eigenvalue weighted by molar-refractivity contribution is 5.58. The smallest absolute Gasteiger partial charge is 0.155 e. The van der Waals surface area contributed by atoms with E-state index in [2.05, 4.69) is 16.1 Å². The molecular formula is C18H9N2O2. The Kier molecular flexibility index (Phi) is 2.19. The van der Waals surface area contributed by atoms with Crippen molar-refractivity contribution >= 4 is 11.4 Å². The second kappa shape index (κ2) is 4.18. The molecule has 0 atom stereocenters. The molecule has 2 heterocycles. The summed E-state index contributed by atoms with van der Waals surface area (Å²) >= 11 is 0. The second-order valence-corrected chi connectivity index (χ2v) is 5.07. The van der Waals surface area contributed by atoms with Gasteiger partial charge in [-0.2, -0.15) is 0 Å². The highest BCUT2D eigenvalue weighted by atomic mass is 16.5. The van der Waals surface area contributed by atoms with Crippen LogP contribution in [0.25, 0.3) is 0 Å². The third-order valence-electron chi connectivity index (χ3n) is 3.62. The largest absolute Gasteiger partial charge is 0.453 e. The Hall–Kier alpha value is -3.14. The lowest BCUT2D eigenvalue weighted by Crippen LogP contribution is -2.18. The van der Waals surface area contributed by atoms with Crippen LogP contribution in [-0.4, -0.2) is 0 Å². The Morgan fingerprint density at radius 1 is 0.727 bits per heavy atom. The summed E-state index contributed by atoms with van der Waals surface area (Å²) in [7, 11) is 0. The lowest BCUT2D eigenvalue weighted by molar-refractivity contribution is 0.450. The first-order valence-corrected chi connectivity index (χ1v) is 6.94. The van der Waals surface area contributed by atoms with Crippen molar-refractivity contribution in [2.45, 2.75) is 0 Å². The minimum atomic E-state index is 0.678. The van der Waals surface area contributed by atoms with Gasteiger partial charge in [-0.05, 0) is 18.2 Å². The maximum Gasteiger partial charge on any atom is 0.155 e. The van der Waals surface area contributed by atoms with Crippen molar-refractivity contribution in [2.24, 2.45) is 9.98 Å². The number of hydrogen-bond donors (Lipinski definition) is 0. The summed E-state index contributed by atoms with van der Waals surface area (Å²) in [6, 6.07) is 20.0. The van der Waals surface area contributed by atoms with Gasteiger partial charge in [0, 0.05) is 18.2 Å². The predicted molar refractivity (Wildman–Crippen MR) is 79.9 cm³/mol. The van der Waals surface area contributed by atoms with E-state index in [-0.39, 0.29) is 0 Å². The number of hydrogen-bond acceptors (Lipinski definition) is 4. The summed E-state index contributed by atoms with van der Waals surface area (Å²) in [6.45, 7) is 0. The summed E-state index contributed by atoms with van der Waals surface area (Å²) in [4.78, 5) is 9.19. The number of para-hydroxylation sites is 3. The maximum absolute atomic E-state index is 5.91. The van der Waals surface area contributed by atoms with Crippen LogP contribution >= 0.6 is 0 Å². The molecule has 0 bridgehead atoms. The molecule has 0 saturated heterocycles. The molecule has 0 unspecified atom stereocenters. The molecule has 1 radical (unpaired) electrons. The Morgan fingerprint density at radius 3 is 2.36 bits per heavy atom. The summed E-state index contributed by atoms with van der Waals surface area (Å²) in [5.74, 6) is 2.81. The maximum atomic E-state index is 5.91. The first kappa shape index (κ1) is 11.5. The molecule has 3 aromatic carbocycles. The molecule has 0 fully saturated rings. The molecule has 4 heteroatoms. The van der Waals surface area contributed by atoms with Crippen LogP contribution in [0, 0.1) is 6.07 Å². The third-order valence-corrected chi connectivity index (χ3v) is 3.62. The standard InChI is InChI=1S/C18H9N2O2/c1-3-7-15-11(5-1)19-13-9-18-14(10-17(13)21-15)20-12-6-2-4-8-16(12)22-18/h1-5,7-10H. The van der Waals surface area contributed by atoms with Gasteiger partial charge in [0.25, 0.3) is 0 Å². The Labute approximate surface area is 126 Å². The van der Waals surface area contributed by atoms with Gasteiger partial charge in [-0.15, -0.1) is 0 Å². The monoisotopic (exact) mass is 285 g/mol. The van der Waals surface area contributed by atoms with Gasteiger partial charge < -0.3 is 9.47 Å². The first-order valence-electron chi connectivity index (χ1n) is 6.94. The van der Waals surface area contributed by atoms with Crippen molar-refractivity contribution in [2.75, 3.05) is 0 Å². The van der Waals surface area contributed by atoms with Crippen molar-refractivity contribution in [3.05, 3.63) is 71.4 Å². The van der Waals surface area contributed by atoms with Crippen LogP contribution in [0.2, 0.25) is 0 Å². The van der Waals surface area contributed by atoms with Gasteiger partial charge in [0.2, 0.25) is 0 Å². The van der Waals surface area contributed by atoms with E-state index < -0.39 is 0 Å². The fourth-order valence-corrected chi connectivity index (χ4v) is 2.58. The molecule has 4 nitrogen and oxygen atoms in total. The second-order valence-electron chi connectivity index (χ2n) is 5.07. The molecule has 103 valence electrons. The van der Waals surface area contributed by atoms with E-state index in [9.17, 15) is 0 Å². The van der Waals surface area contributed by atoms with Gasteiger partial charge >= 0.3 is 0 Å². The van der Waals surface area contributed by atoms with Crippen LogP contribution in [0.15, 0.2) is 64.6 Å². The number of ether oxygens (including phenoxy) is 2. The number of rotatable bonds is 0. The number of fused-ring (bicyclic) bond motifs is 4.